The van der Waals surface area contributed by atoms with Gasteiger partial charge in [0.05, 0.1) is 0 Å². The minimum Gasteiger partial charge on any atom is -0.489 e. The SMILES string of the molecule is Cl.Cl.O=C(N[C@H]1CCCNC1)c1cccc(OCc2cccnc2)c1. The third kappa shape index (κ3) is 6.53. The summed E-state index contributed by atoms with van der Waals surface area (Å²) < 4.78 is 5.74. The Hall–Kier alpha value is -1.82. The summed E-state index contributed by atoms with van der Waals surface area (Å²) in [7, 11) is 0. The largest absolute Gasteiger partial charge is 0.489 e. The van der Waals surface area contributed by atoms with Crippen molar-refractivity contribution in [3.63, 3.8) is 0 Å². The molecule has 0 bridgehead atoms. The molecule has 0 unspecified atom stereocenters. The van der Waals surface area contributed by atoms with Crippen LogP contribution in [-0.4, -0.2) is 30.0 Å². The second-order valence-corrected chi connectivity index (χ2v) is 5.69. The first kappa shape index (κ1) is 21.2. The predicted molar refractivity (Wildman–Crippen MR) is 103 cm³/mol. The maximum atomic E-state index is 12.3. The molecule has 0 saturated carbocycles. The molecule has 1 aliphatic heterocycles. The van der Waals surface area contributed by atoms with Gasteiger partial charge in [0.1, 0.15) is 12.4 Å². The first-order valence-electron chi connectivity index (χ1n) is 7.94. The molecule has 1 saturated heterocycles. The van der Waals surface area contributed by atoms with Gasteiger partial charge in [0.25, 0.3) is 5.91 Å². The summed E-state index contributed by atoms with van der Waals surface area (Å²) in [5.41, 5.74) is 1.62. The molecular weight excluding hydrogens is 361 g/mol. The molecule has 3 rings (SSSR count). The minimum atomic E-state index is -0.0504. The highest BCUT2D eigenvalue weighted by atomic mass is 35.5. The van der Waals surface area contributed by atoms with E-state index in [4.69, 9.17) is 4.74 Å². The smallest absolute Gasteiger partial charge is 0.251 e. The van der Waals surface area contributed by atoms with E-state index in [1.807, 2.05) is 30.3 Å². The van der Waals surface area contributed by atoms with Crippen LogP contribution in [0.25, 0.3) is 0 Å². The van der Waals surface area contributed by atoms with Crippen LogP contribution in [0.3, 0.4) is 0 Å². The second-order valence-electron chi connectivity index (χ2n) is 5.69. The number of nitrogens with zero attached hydrogens (tertiary/aromatic N) is 1. The molecule has 0 radical (unpaired) electrons. The third-order valence-electron chi connectivity index (χ3n) is 3.86. The average molecular weight is 384 g/mol. The van der Waals surface area contributed by atoms with E-state index >= 15 is 0 Å². The lowest BCUT2D eigenvalue weighted by molar-refractivity contribution is 0.0930. The molecule has 5 nitrogen and oxygen atoms in total. The fraction of sp³-hybridized carbons (Fsp3) is 0.333. The van der Waals surface area contributed by atoms with Crippen LogP contribution in [0.1, 0.15) is 28.8 Å². The summed E-state index contributed by atoms with van der Waals surface area (Å²) >= 11 is 0. The van der Waals surface area contributed by atoms with Gasteiger partial charge in [-0.1, -0.05) is 12.1 Å². The molecule has 2 N–H and O–H groups in total. The van der Waals surface area contributed by atoms with Gasteiger partial charge in [0.2, 0.25) is 0 Å². The predicted octanol–water partition coefficient (Wildman–Crippen LogP) is 2.99. The molecule has 1 fully saturated rings. The molecule has 7 heteroatoms. The molecule has 136 valence electrons. The number of carbonyl (C=O) groups is 1. The van der Waals surface area contributed by atoms with Crippen molar-refractivity contribution >= 4 is 30.7 Å². The number of ether oxygens (including phenoxy) is 1. The van der Waals surface area contributed by atoms with E-state index < -0.39 is 0 Å². The average Bonchev–Trinajstić information content (AvgIpc) is 2.62. The highest BCUT2D eigenvalue weighted by Gasteiger charge is 2.16. The van der Waals surface area contributed by atoms with Gasteiger partial charge < -0.3 is 15.4 Å². The van der Waals surface area contributed by atoms with Crippen molar-refractivity contribution in [2.24, 2.45) is 0 Å². The first-order valence-corrected chi connectivity index (χ1v) is 7.94. The normalized spacial score (nSPS) is 16.1. The van der Waals surface area contributed by atoms with Crippen LogP contribution in [0, 0.1) is 0 Å². The summed E-state index contributed by atoms with van der Waals surface area (Å²) in [6.45, 7) is 2.30. The van der Waals surface area contributed by atoms with Gasteiger partial charge in [0.15, 0.2) is 0 Å². The van der Waals surface area contributed by atoms with Gasteiger partial charge in [-0.15, -0.1) is 24.8 Å². The van der Waals surface area contributed by atoms with Crippen LogP contribution >= 0.6 is 24.8 Å². The van der Waals surface area contributed by atoms with E-state index in [9.17, 15) is 4.79 Å². The minimum absolute atomic E-state index is 0. The van der Waals surface area contributed by atoms with E-state index in [2.05, 4.69) is 15.6 Å². The Kier molecular flexibility index (Phi) is 9.27. The van der Waals surface area contributed by atoms with Gasteiger partial charge >= 0.3 is 0 Å². The molecular formula is C18H23Cl2N3O2. The zero-order valence-electron chi connectivity index (χ0n) is 13.8. The Morgan fingerprint density at radius 3 is 2.88 bits per heavy atom. The van der Waals surface area contributed by atoms with Gasteiger partial charge in [-0.05, 0) is 43.7 Å². The van der Waals surface area contributed by atoms with Crippen molar-refractivity contribution in [1.82, 2.24) is 15.6 Å². The molecule has 0 aliphatic carbocycles. The molecule has 1 aromatic heterocycles. The number of rotatable bonds is 5. The van der Waals surface area contributed by atoms with Crippen molar-refractivity contribution in [3.8, 4) is 5.75 Å². The lowest BCUT2D eigenvalue weighted by Crippen LogP contribution is -2.45. The van der Waals surface area contributed by atoms with Crippen LogP contribution in [0.4, 0.5) is 0 Å². The van der Waals surface area contributed by atoms with Gasteiger partial charge in [-0.3, -0.25) is 9.78 Å². The number of aromatic nitrogens is 1. The number of amides is 1. The number of halogens is 2. The van der Waals surface area contributed by atoms with Crippen LogP contribution in [0.2, 0.25) is 0 Å². The number of carbonyl (C=O) groups excluding carboxylic acids is 1. The van der Waals surface area contributed by atoms with E-state index in [-0.39, 0.29) is 36.8 Å². The standard InChI is InChI=1S/C18H21N3O2.2ClH/c22-18(21-16-6-3-9-20-12-16)15-5-1-7-17(10-15)23-13-14-4-2-8-19-11-14;;/h1-2,4-5,7-8,10-11,16,20H,3,6,9,12-13H2,(H,21,22);2*1H/t16-;;/m0../s1. The molecule has 1 aliphatic rings. The van der Waals surface area contributed by atoms with Crippen molar-refractivity contribution < 1.29 is 9.53 Å². The fourth-order valence-corrected chi connectivity index (χ4v) is 2.62. The molecule has 1 atom stereocenters. The van der Waals surface area contributed by atoms with Crippen molar-refractivity contribution in [2.45, 2.75) is 25.5 Å². The highest BCUT2D eigenvalue weighted by Crippen LogP contribution is 2.15. The zero-order chi connectivity index (χ0) is 15.9. The summed E-state index contributed by atoms with van der Waals surface area (Å²) in [6.07, 6.45) is 5.62. The Morgan fingerprint density at radius 1 is 1.28 bits per heavy atom. The summed E-state index contributed by atoms with van der Waals surface area (Å²) in [4.78, 5) is 16.4. The number of nitrogens with one attached hydrogen (secondary N) is 2. The van der Waals surface area contributed by atoms with Crippen molar-refractivity contribution in [1.29, 1.82) is 0 Å². The van der Waals surface area contributed by atoms with E-state index in [0.29, 0.717) is 17.9 Å². The summed E-state index contributed by atoms with van der Waals surface area (Å²) in [6, 6.07) is 11.3. The maximum absolute atomic E-state index is 12.3. The molecule has 25 heavy (non-hydrogen) atoms. The van der Waals surface area contributed by atoms with E-state index in [0.717, 1.165) is 31.5 Å². The van der Waals surface area contributed by atoms with Gasteiger partial charge in [-0.2, -0.15) is 0 Å². The number of hydrogen-bond acceptors (Lipinski definition) is 4. The fourth-order valence-electron chi connectivity index (χ4n) is 2.62. The molecule has 1 amide bonds. The number of piperidine rings is 1. The highest BCUT2D eigenvalue weighted by molar-refractivity contribution is 5.94. The Bertz CT molecular complexity index is 650. The summed E-state index contributed by atoms with van der Waals surface area (Å²) in [5, 5.41) is 6.37. The van der Waals surface area contributed by atoms with E-state index in [1.54, 1.807) is 18.5 Å². The quantitative estimate of drug-likeness (QED) is 0.832. The van der Waals surface area contributed by atoms with Crippen molar-refractivity contribution in [2.75, 3.05) is 13.1 Å². The number of pyridine rings is 1. The number of hydrogen-bond donors (Lipinski definition) is 2. The Labute approximate surface area is 160 Å². The molecule has 1 aromatic carbocycles. The zero-order valence-corrected chi connectivity index (χ0v) is 15.4. The third-order valence-corrected chi connectivity index (χ3v) is 3.86. The maximum Gasteiger partial charge on any atom is 0.251 e. The Balaban J connectivity index is 0.00000156. The van der Waals surface area contributed by atoms with E-state index in [1.165, 1.54) is 0 Å². The van der Waals surface area contributed by atoms with Crippen LogP contribution in [0.5, 0.6) is 5.75 Å². The summed E-state index contributed by atoms with van der Waals surface area (Å²) in [5.74, 6) is 0.633. The Morgan fingerprint density at radius 2 is 2.16 bits per heavy atom. The van der Waals surface area contributed by atoms with Crippen molar-refractivity contribution in [3.05, 3.63) is 59.9 Å². The lowest BCUT2D eigenvalue weighted by atomic mass is 10.1. The molecule has 0 spiro atoms. The van der Waals surface area contributed by atoms with Crippen LogP contribution in [-0.2, 0) is 6.61 Å². The first-order chi connectivity index (χ1) is 11.3. The number of benzene rings is 1. The van der Waals surface area contributed by atoms with Crippen LogP contribution < -0.4 is 15.4 Å². The lowest BCUT2D eigenvalue weighted by Gasteiger charge is -2.23. The monoisotopic (exact) mass is 383 g/mol. The molecule has 2 aromatic rings. The van der Waals surface area contributed by atoms with Crippen LogP contribution in [0.15, 0.2) is 48.8 Å². The molecule has 2 heterocycles. The van der Waals surface area contributed by atoms with Gasteiger partial charge in [-0.25, -0.2) is 0 Å². The second kappa shape index (κ2) is 10.9. The van der Waals surface area contributed by atoms with Gasteiger partial charge in [0, 0.05) is 36.1 Å². The topological polar surface area (TPSA) is 63.2 Å².